The summed E-state index contributed by atoms with van der Waals surface area (Å²) in [5, 5.41) is 12.0. The molecule has 0 aliphatic heterocycles. The van der Waals surface area contributed by atoms with E-state index in [0.717, 1.165) is 11.1 Å². The zero-order chi connectivity index (χ0) is 16.5. The molecule has 120 valence electrons. The zero-order valence-electron chi connectivity index (χ0n) is 12.9. The molecule has 2 aromatic rings. The van der Waals surface area contributed by atoms with Crippen molar-refractivity contribution in [1.82, 2.24) is 5.32 Å². The molecule has 4 heteroatoms. The molecule has 0 saturated carbocycles. The van der Waals surface area contributed by atoms with E-state index in [0.29, 0.717) is 19.3 Å². The lowest BCUT2D eigenvalue weighted by atomic mass is 9.99. The quantitative estimate of drug-likeness (QED) is 0.787. The van der Waals surface area contributed by atoms with Crippen molar-refractivity contribution in [3.05, 3.63) is 71.8 Å². The van der Waals surface area contributed by atoms with E-state index in [2.05, 4.69) is 5.32 Å². The SMILES string of the molecule is O=C(CCc1ccccc1)NCC(Cc1ccccc1)C(=O)O. The fourth-order valence-electron chi connectivity index (χ4n) is 2.37. The number of nitrogens with one attached hydrogen (secondary N) is 1. The number of carboxylic acid groups (broad SMARTS) is 1. The van der Waals surface area contributed by atoms with Crippen molar-refractivity contribution in [1.29, 1.82) is 0 Å². The largest absolute Gasteiger partial charge is 0.481 e. The Labute approximate surface area is 136 Å². The lowest BCUT2D eigenvalue weighted by molar-refractivity contribution is -0.141. The highest BCUT2D eigenvalue weighted by Crippen LogP contribution is 2.09. The third kappa shape index (κ3) is 5.94. The van der Waals surface area contributed by atoms with Crippen LogP contribution in [0.1, 0.15) is 17.5 Å². The van der Waals surface area contributed by atoms with Crippen molar-refractivity contribution in [2.75, 3.05) is 6.54 Å². The Balaban J connectivity index is 1.79. The first kappa shape index (κ1) is 16.7. The van der Waals surface area contributed by atoms with Crippen molar-refractivity contribution >= 4 is 11.9 Å². The number of rotatable bonds is 8. The summed E-state index contributed by atoms with van der Waals surface area (Å²) in [7, 11) is 0. The molecule has 0 bridgehead atoms. The van der Waals surface area contributed by atoms with Gasteiger partial charge in [-0.2, -0.15) is 0 Å². The number of carboxylic acids is 1. The fourth-order valence-corrected chi connectivity index (χ4v) is 2.37. The van der Waals surface area contributed by atoms with E-state index in [1.807, 2.05) is 60.7 Å². The van der Waals surface area contributed by atoms with Crippen LogP contribution in [0.15, 0.2) is 60.7 Å². The molecule has 0 spiro atoms. The first-order valence-corrected chi connectivity index (χ1v) is 7.72. The van der Waals surface area contributed by atoms with Crippen LogP contribution in [0.4, 0.5) is 0 Å². The minimum atomic E-state index is -0.891. The van der Waals surface area contributed by atoms with Gasteiger partial charge in [-0.15, -0.1) is 0 Å². The maximum Gasteiger partial charge on any atom is 0.308 e. The summed E-state index contributed by atoms with van der Waals surface area (Å²) in [6.45, 7) is 0.151. The molecule has 2 aromatic carbocycles. The highest BCUT2D eigenvalue weighted by atomic mass is 16.4. The van der Waals surface area contributed by atoms with Gasteiger partial charge in [0.15, 0.2) is 0 Å². The van der Waals surface area contributed by atoms with Crippen LogP contribution in [0, 0.1) is 5.92 Å². The van der Waals surface area contributed by atoms with Gasteiger partial charge in [-0.05, 0) is 24.0 Å². The maximum atomic E-state index is 11.9. The number of aliphatic carboxylic acids is 1. The molecule has 0 aromatic heterocycles. The number of hydrogen-bond acceptors (Lipinski definition) is 2. The zero-order valence-corrected chi connectivity index (χ0v) is 12.9. The Morgan fingerprint density at radius 3 is 2.04 bits per heavy atom. The van der Waals surface area contributed by atoms with Crippen molar-refractivity contribution in [2.45, 2.75) is 19.3 Å². The van der Waals surface area contributed by atoms with Crippen LogP contribution in [0.5, 0.6) is 0 Å². The second-order valence-corrected chi connectivity index (χ2v) is 5.51. The predicted octanol–water partition coefficient (Wildman–Crippen LogP) is 2.68. The van der Waals surface area contributed by atoms with Crippen LogP contribution in [-0.4, -0.2) is 23.5 Å². The van der Waals surface area contributed by atoms with Gasteiger partial charge in [0.25, 0.3) is 0 Å². The second kappa shape index (κ2) is 8.73. The summed E-state index contributed by atoms with van der Waals surface area (Å²) in [5.41, 5.74) is 2.06. The van der Waals surface area contributed by atoms with E-state index >= 15 is 0 Å². The standard InChI is InChI=1S/C19H21NO3/c21-18(12-11-15-7-3-1-4-8-15)20-14-17(19(22)23)13-16-9-5-2-6-10-16/h1-10,17H,11-14H2,(H,20,21)(H,22,23). The molecular formula is C19H21NO3. The third-order valence-electron chi connectivity index (χ3n) is 3.70. The lowest BCUT2D eigenvalue weighted by Crippen LogP contribution is -2.34. The molecule has 0 saturated heterocycles. The fraction of sp³-hybridized carbons (Fsp3) is 0.263. The normalized spacial score (nSPS) is 11.7. The molecule has 0 aliphatic carbocycles. The van der Waals surface area contributed by atoms with Crippen LogP contribution in [0.2, 0.25) is 0 Å². The molecule has 0 radical (unpaired) electrons. The van der Waals surface area contributed by atoms with Crippen LogP contribution in [0.25, 0.3) is 0 Å². The molecule has 0 heterocycles. The Morgan fingerprint density at radius 2 is 1.48 bits per heavy atom. The van der Waals surface area contributed by atoms with E-state index < -0.39 is 11.9 Å². The molecule has 2 rings (SSSR count). The Hall–Kier alpha value is -2.62. The van der Waals surface area contributed by atoms with E-state index in [1.54, 1.807) is 0 Å². The molecular weight excluding hydrogens is 290 g/mol. The predicted molar refractivity (Wildman–Crippen MR) is 89.0 cm³/mol. The monoisotopic (exact) mass is 311 g/mol. The van der Waals surface area contributed by atoms with Crippen LogP contribution < -0.4 is 5.32 Å². The Bertz CT molecular complexity index is 626. The number of amides is 1. The summed E-state index contributed by atoms with van der Waals surface area (Å²) in [6.07, 6.45) is 1.43. The van der Waals surface area contributed by atoms with Gasteiger partial charge >= 0.3 is 5.97 Å². The van der Waals surface area contributed by atoms with Crippen molar-refractivity contribution in [3.8, 4) is 0 Å². The van der Waals surface area contributed by atoms with E-state index in [9.17, 15) is 14.7 Å². The second-order valence-electron chi connectivity index (χ2n) is 5.51. The topological polar surface area (TPSA) is 66.4 Å². The number of carbonyl (C=O) groups is 2. The molecule has 0 fully saturated rings. The smallest absolute Gasteiger partial charge is 0.308 e. The van der Waals surface area contributed by atoms with Gasteiger partial charge < -0.3 is 10.4 Å². The molecule has 2 N–H and O–H groups in total. The van der Waals surface area contributed by atoms with Crippen molar-refractivity contribution in [2.24, 2.45) is 5.92 Å². The first-order chi connectivity index (χ1) is 11.1. The number of carbonyl (C=O) groups excluding carboxylic acids is 1. The van der Waals surface area contributed by atoms with E-state index in [-0.39, 0.29) is 12.5 Å². The summed E-state index contributed by atoms with van der Waals surface area (Å²) >= 11 is 0. The highest BCUT2D eigenvalue weighted by molar-refractivity contribution is 5.77. The first-order valence-electron chi connectivity index (χ1n) is 7.72. The third-order valence-corrected chi connectivity index (χ3v) is 3.70. The van der Waals surface area contributed by atoms with Gasteiger partial charge in [0.2, 0.25) is 5.91 Å². The molecule has 1 amide bonds. The summed E-state index contributed by atoms with van der Waals surface area (Å²) in [6, 6.07) is 19.2. The van der Waals surface area contributed by atoms with E-state index in [1.165, 1.54) is 0 Å². The van der Waals surface area contributed by atoms with Crippen molar-refractivity contribution in [3.63, 3.8) is 0 Å². The minimum Gasteiger partial charge on any atom is -0.481 e. The molecule has 4 nitrogen and oxygen atoms in total. The van der Waals surface area contributed by atoms with Crippen LogP contribution >= 0.6 is 0 Å². The number of aryl methyl sites for hydroxylation is 1. The van der Waals surface area contributed by atoms with Gasteiger partial charge in [0, 0.05) is 13.0 Å². The average molecular weight is 311 g/mol. The summed E-state index contributed by atoms with van der Waals surface area (Å²) in [4.78, 5) is 23.2. The van der Waals surface area contributed by atoms with Crippen molar-refractivity contribution < 1.29 is 14.7 Å². The minimum absolute atomic E-state index is 0.117. The molecule has 23 heavy (non-hydrogen) atoms. The number of hydrogen-bond donors (Lipinski definition) is 2. The van der Waals surface area contributed by atoms with Gasteiger partial charge in [0.05, 0.1) is 5.92 Å². The average Bonchev–Trinajstić information content (AvgIpc) is 2.58. The number of benzene rings is 2. The Morgan fingerprint density at radius 1 is 0.913 bits per heavy atom. The summed E-state index contributed by atoms with van der Waals surface area (Å²) < 4.78 is 0. The maximum absolute atomic E-state index is 11.9. The Kier molecular flexibility index (Phi) is 6.36. The lowest BCUT2D eigenvalue weighted by Gasteiger charge is -2.13. The van der Waals surface area contributed by atoms with Gasteiger partial charge in [-0.25, -0.2) is 0 Å². The summed E-state index contributed by atoms with van der Waals surface area (Å²) in [5.74, 6) is -1.62. The van der Waals surface area contributed by atoms with Crippen LogP contribution in [-0.2, 0) is 22.4 Å². The molecule has 1 unspecified atom stereocenters. The van der Waals surface area contributed by atoms with E-state index in [4.69, 9.17) is 0 Å². The highest BCUT2D eigenvalue weighted by Gasteiger charge is 2.18. The van der Waals surface area contributed by atoms with Gasteiger partial charge in [-0.3, -0.25) is 9.59 Å². The van der Waals surface area contributed by atoms with Gasteiger partial charge in [0.1, 0.15) is 0 Å². The van der Waals surface area contributed by atoms with Crippen LogP contribution in [0.3, 0.4) is 0 Å². The molecule has 0 aliphatic rings. The van der Waals surface area contributed by atoms with Gasteiger partial charge in [-0.1, -0.05) is 60.7 Å². The molecule has 1 atom stereocenters.